The Labute approximate surface area is 117 Å². The number of halogens is 1. The molecule has 5 heteroatoms. The Morgan fingerprint density at radius 3 is 2.63 bits per heavy atom. The van der Waals surface area contributed by atoms with Crippen molar-refractivity contribution in [2.24, 2.45) is 5.92 Å². The molecule has 0 aromatic heterocycles. The van der Waals surface area contributed by atoms with Crippen LogP contribution in [0.15, 0.2) is 24.3 Å². The molecule has 19 heavy (non-hydrogen) atoms. The molecule has 0 bridgehead atoms. The summed E-state index contributed by atoms with van der Waals surface area (Å²) in [6.45, 7) is 3.53. The molecular formula is C14H17ClN2O2. The number of rotatable bonds is 1. The van der Waals surface area contributed by atoms with Crippen LogP contribution < -0.4 is 5.32 Å². The summed E-state index contributed by atoms with van der Waals surface area (Å²) in [6.07, 6.45) is 2.12. The van der Waals surface area contributed by atoms with Crippen LogP contribution in [0.3, 0.4) is 0 Å². The second kappa shape index (κ2) is 6.06. The number of imide groups is 1. The first kappa shape index (κ1) is 13.9. The van der Waals surface area contributed by atoms with Gasteiger partial charge in [-0.15, -0.1) is 0 Å². The summed E-state index contributed by atoms with van der Waals surface area (Å²) < 4.78 is 0. The molecule has 1 aromatic carbocycles. The van der Waals surface area contributed by atoms with E-state index in [-0.39, 0.29) is 11.9 Å². The quantitative estimate of drug-likeness (QED) is 0.860. The zero-order valence-corrected chi connectivity index (χ0v) is 11.6. The molecule has 0 spiro atoms. The number of carbonyl (C=O) groups excluding carboxylic acids is 2. The van der Waals surface area contributed by atoms with Gasteiger partial charge in [0, 0.05) is 23.7 Å². The van der Waals surface area contributed by atoms with Gasteiger partial charge in [0.05, 0.1) is 0 Å². The van der Waals surface area contributed by atoms with E-state index in [0.717, 1.165) is 12.8 Å². The van der Waals surface area contributed by atoms with E-state index in [9.17, 15) is 9.59 Å². The molecule has 1 aromatic rings. The van der Waals surface area contributed by atoms with Crippen molar-refractivity contribution in [3.05, 3.63) is 34.9 Å². The van der Waals surface area contributed by atoms with Crippen LogP contribution >= 0.6 is 11.6 Å². The summed E-state index contributed by atoms with van der Waals surface area (Å²) in [6, 6.07) is 6.15. The predicted molar refractivity (Wildman–Crippen MR) is 74.3 cm³/mol. The Hall–Kier alpha value is -1.55. The van der Waals surface area contributed by atoms with E-state index in [1.165, 1.54) is 0 Å². The lowest BCUT2D eigenvalue weighted by Crippen LogP contribution is -2.46. The molecule has 1 N–H and O–H groups in total. The lowest BCUT2D eigenvalue weighted by molar-refractivity contribution is 0.0944. The summed E-state index contributed by atoms with van der Waals surface area (Å²) in [5, 5.41) is 2.97. The first-order valence-corrected chi connectivity index (χ1v) is 6.80. The van der Waals surface area contributed by atoms with Gasteiger partial charge in [-0.25, -0.2) is 4.79 Å². The molecule has 0 saturated carbocycles. The Bertz CT molecular complexity index is 473. The summed E-state index contributed by atoms with van der Waals surface area (Å²) in [4.78, 5) is 25.5. The van der Waals surface area contributed by atoms with Crippen molar-refractivity contribution in [3.63, 3.8) is 0 Å². The standard InChI is InChI=1S/C14H17ClN2O2/c1-10-3-2-8-17(9-10)14(19)16-13(18)11-4-6-12(15)7-5-11/h4-7,10H,2-3,8-9H2,1H3,(H,16,18,19)/t10-/m0/s1. The molecule has 1 atom stereocenters. The van der Waals surface area contributed by atoms with Gasteiger partial charge < -0.3 is 4.90 Å². The number of hydrogen-bond acceptors (Lipinski definition) is 2. The monoisotopic (exact) mass is 280 g/mol. The highest BCUT2D eigenvalue weighted by molar-refractivity contribution is 6.30. The van der Waals surface area contributed by atoms with Gasteiger partial charge in [0.1, 0.15) is 0 Å². The van der Waals surface area contributed by atoms with E-state index in [1.54, 1.807) is 29.2 Å². The number of benzene rings is 1. The van der Waals surface area contributed by atoms with Gasteiger partial charge in [-0.3, -0.25) is 10.1 Å². The van der Waals surface area contributed by atoms with Crippen molar-refractivity contribution >= 4 is 23.5 Å². The number of nitrogens with one attached hydrogen (secondary N) is 1. The first-order chi connectivity index (χ1) is 9.06. The fourth-order valence-electron chi connectivity index (χ4n) is 2.22. The topological polar surface area (TPSA) is 49.4 Å². The van der Waals surface area contributed by atoms with Gasteiger partial charge >= 0.3 is 6.03 Å². The first-order valence-electron chi connectivity index (χ1n) is 6.42. The molecule has 1 aliphatic rings. The maximum atomic E-state index is 12.0. The Balaban J connectivity index is 1.94. The summed E-state index contributed by atoms with van der Waals surface area (Å²) in [5.74, 6) is 0.102. The third-order valence-corrected chi connectivity index (χ3v) is 3.52. The summed E-state index contributed by atoms with van der Waals surface area (Å²) in [7, 11) is 0. The van der Waals surface area contributed by atoms with Gasteiger partial charge in [-0.05, 0) is 43.0 Å². The molecule has 2 rings (SSSR count). The molecular weight excluding hydrogens is 264 g/mol. The number of hydrogen-bond donors (Lipinski definition) is 1. The van der Waals surface area contributed by atoms with Gasteiger partial charge in [0.15, 0.2) is 0 Å². The maximum absolute atomic E-state index is 12.0. The molecule has 1 aliphatic heterocycles. The van der Waals surface area contributed by atoms with Crippen molar-refractivity contribution in [2.75, 3.05) is 13.1 Å². The Morgan fingerprint density at radius 2 is 2.00 bits per heavy atom. The second-order valence-electron chi connectivity index (χ2n) is 4.96. The molecule has 0 radical (unpaired) electrons. The minimum Gasteiger partial charge on any atom is -0.324 e. The highest BCUT2D eigenvalue weighted by Gasteiger charge is 2.22. The minimum absolute atomic E-state index is 0.313. The van der Waals surface area contributed by atoms with Crippen LogP contribution in [0.25, 0.3) is 0 Å². The molecule has 4 nitrogen and oxygen atoms in total. The average molecular weight is 281 g/mol. The lowest BCUT2D eigenvalue weighted by atomic mass is 10.0. The SMILES string of the molecule is C[C@H]1CCCN(C(=O)NC(=O)c2ccc(Cl)cc2)C1. The van der Waals surface area contributed by atoms with E-state index in [4.69, 9.17) is 11.6 Å². The molecule has 3 amide bonds. The van der Waals surface area contributed by atoms with Crippen LogP contribution in [0.5, 0.6) is 0 Å². The molecule has 1 heterocycles. The number of carbonyl (C=O) groups is 2. The Kier molecular flexibility index (Phi) is 4.43. The second-order valence-corrected chi connectivity index (χ2v) is 5.40. The average Bonchev–Trinajstić information content (AvgIpc) is 2.39. The fourth-order valence-corrected chi connectivity index (χ4v) is 2.35. The molecule has 1 saturated heterocycles. The highest BCUT2D eigenvalue weighted by Crippen LogP contribution is 2.15. The van der Waals surface area contributed by atoms with Crippen LogP contribution in [-0.2, 0) is 0 Å². The van der Waals surface area contributed by atoms with Crippen molar-refractivity contribution in [1.29, 1.82) is 0 Å². The van der Waals surface area contributed by atoms with E-state index < -0.39 is 0 Å². The van der Waals surface area contributed by atoms with Crippen molar-refractivity contribution in [1.82, 2.24) is 10.2 Å². The smallest absolute Gasteiger partial charge is 0.324 e. The van der Waals surface area contributed by atoms with E-state index in [0.29, 0.717) is 29.6 Å². The van der Waals surface area contributed by atoms with Crippen molar-refractivity contribution < 1.29 is 9.59 Å². The number of likely N-dealkylation sites (tertiary alicyclic amines) is 1. The van der Waals surface area contributed by atoms with Gasteiger partial charge in [0.2, 0.25) is 0 Å². The molecule has 102 valence electrons. The third kappa shape index (κ3) is 3.70. The van der Waals surface area contributed by atoms with Crippen LogP contribution in [0.2, 0.25) is 5.02 Å². The zero-order chi connectivity index (χ0) is 13.8. The zero-order valence-electron chi connectivity index (χ0n) is 10.9. The molecule has 0 aliphatic carbocycles. The summed E-state index contributed by atoms with van der Waals surface area (Å²) >= 11 is 5.75. The fraction of sp³-hybridized carbons (Fsp3) is 0.429. The number of nitrogens with zero attached hydrogens (tertiary/aromatic N) is 1. The summed E-state index contributed by atoms with van der Waals surface area (Å²) in [5.41, 5.74) is 0.433. The van der Waals surface area contributed by atoms with E-state index >= 15 is 0 Å². The highest BCUT2D eigenvalue weighted by atomic mass is 35.5. The van der Waals surface area contributed by atoms with Gasteiger partial charge in [-0.1, -0.05) is 18.5 Å². The third-order valence-electron chi connectivity index (χ3n) is 3.27. The predicted octanol–water partition coefficient (Wildman–Crippen LogP) is 2.92. The largest absolute Gasteiger partial charge is 0.324 e. The lowest BCUT2D eigenvalue weighted by Gasteiger charge is -2.30. The molecule has 1 fully saturated rings. The van der Waals surface area contributed by atoms with Crippen molar-refractivity contribution in [2.45, 2.75) is 19.8 Å². The molecule has 0 unspecified atom stereocenters. The van der Waals surface area contributed by atoms with Crippen LogP contribution in [-0.4, -0.2) is 29.9 Å². The van der Waals surface area contributed by atoms with Gasteiger partial charge in [-0.2, -0.15) is 0 Å². The Morgan fingerprint density at radius 1 is 1.32 bits per heavy atom. The van der Waals surface area contributed by atoms with Gasteiger partial charge in [0.25, 0.3) is 5.91 Å². The van der Waals surface area contributed by atoms with Crippen LogP contribution in [0, 0.1) is 5.92 Å². The van der Waals surface area contributed by atoms with Crippen LogP contribution in [0.1, 0.15) is 30.1 Å². The number of piperidine rings is 1. The van der Waals surface area contributed by atoms with Crippen molar-refractivity contribution in [3.8, 4) is 0 Å². The number of amides is 3. The minimum atomic E-state index is -0.389. The van der Waals surface area contributed by atoms with E-state index in [2.05, 4.69) is 12.2 Å². The number of urea groups is 1. The van der Waals surface area contributed by atoms with Crippen LogP contribution in [0.4, 0.5) is 4.79 Å². The normalized spacial score (nSPS) is 19.1. The van der Waals surface area contributed by atoms with E-state index in [1.807, 2.05) is 0 Å². The maximum Gasteiger partial charge on any atom is 0.324 e.